The Morgan fingerprint density at radius 2 is 2.18 bits per heavy atom. The molecule has 0 saturated heterocycles. The summed E-state index contributed by atoms with van der Waals surface area (Å²) < 4.78 is 6.73. The van der Waals surface area contributed by atoms with Gasteiger partial charge in [-0.2, -0.15) is 0 Å². The van der Waals surface area contributed by atoms with Crippen molar-refractivity contribution in [2.24, 2.45) is 10.9 Å². The van der Waals surface area contributed by atoms with Gasteiger partial charge in [-0.1, -0.05) is 34.1 Å². The Morgan fingerprint density at radius 1 is 1.41 bits per heavy atom. The van der Waals surface area contributed by atoms with Crippen molar-refractivity contribution in [3.8, 4) is 0 Å². The van der Waals surface area contributed by atoms with Crippen molar-refractivity contribution in [1.82, 2.24) is 10.6 Å². The fourth-order valence-corrected chi connectivity index (χ4v) is 2.81. The second-order valence-electron chi connectivity index (χ2n) is 5.67. The minimum absolute atomic E-state index is 0.181. The highest BCUT2D eigenvalue weighted by Crippen LogP contribution is 2.28. The van der Waals surface area contributed by atoms with Crippen molar-refractivity contribution in [1.29, 1.82) is 0 Å². The van der Waals surface area contributed by atoms with Crippen molar-refractivity contribution in [3.05, 3.63) is 34.3 Å². The summed E-state index contributed by atoms with van der Waals surface area (Å²) in [6, 6.07) is 8.43. The van der Waals surface area contributed by atoms with E-state index >= 15 is 0 Å². The van der Waals surface area contributed by atoms with Gasteiger partial charge in [-0.25, -0.2) is 0 Å². The van der Waals surface area contributed by atoms with Crippen LogP contribution in [0.1, 0.15) is 38.3 Å². The van der Waals surface area contributed by atoms with E-state index in [2.05, 4.69) is 57.5 Å². The molecule has 1 aromatic rings. The van der Waals surface area contributed by atoms with Gasteiger partial charge in [-0.3, -0.25) is 4.99 Å². The van der Waals surface area contributed by atoms with E-state index in [1.807, 2.05) is 12.1 Å². The second-order valence-corrected chi connectivity index (χ2v) is 6.52. The number of ether oxygens (including phenoxy) is 1. The molecule has 122 valence electrons. The van der Waals surface area contributed by atoms with Crippen molar-refractivity contribution in [2.75, 3.05) is 26.3 Å². The van der Waals surface area contributed by atoms with Crippen LogP contribution in [0.25, 0.3) is 0 Å². The van der Waals surface area contributed by atoms with E-state index in [-0.39, 0.29) is 6.04 Å². The van der Waals surface area contributed by atoms with Gasteiger partial charge in [0.05, 0.1) is 19.2 Å². The van der Waals surface area contributed by atoms with E-state index in [4.69, 9.17) is 4.74 Å². The van der Waals surface area contributed by atoms with Gasteiger partial charge >= 0.3 is 0 Å². The maximum atomic E-state index is 5.62. The first-order chi connectivity index (χ1) is 10.7. The zero-order valence-corrected chi connectivity index (χ0v) is 15.0. The van der Waals surface area contributed by atoms with Gasteiger partial charge < -0.3 is 15.4 Å². The topological polar surface area (TPSA) is 45.7 Å². The Balaban J connectivity index is 1.82. The summed E-state index contributed by atoms with van der Waals surface area (Å²) in [5.41, 5.74) is 1.22. The van der Waals surface area contributed by atoms with E-state index < -0.39 is 0 Å². The number of halogens is 1. The molecule has 0 aliphatic heterocycles. The standard InChI is InChI=1S/C17H26BrN3O/c1-3-19-17(20-10-11-22-12-14-8-9-14)21-13(2)15-6-4-5-7-16(15)18/h4-7,13-14H,3,8-12H2,1-2H3,(H2,19,20,21). The summed E-state index contributed by atoms with van der Waals surface area (Å²) in [7, 11) is 0. The number of nitrogens with zero attached hydrogens (tertiary/aromatic N) is 1. The number of rotatable bonds is 8. The molecule has 1 aliphatic carbocycles. The quantitative estimate of drug-likeness (QED) is 0.420. The molecule has 4 nitrogen and oxygen atoms in total. The van der Waals surface area contributed by atoms with Crippen LogP contribution in [0, 0.1) is 5.92 Å². The summed E-state index contributed by atoms with van der Waals surface area (Å²) in [6.45, 7) is 7.33. The van der Waals surface area contributed by atoms with Crippen molar-refractivity contribution in [2.45, 2.75) is 32.7 Å². The van der Waals surface area contributed by atoms with Crippen LogP contribution in [0.3, 0.4) is 0 Å². The van der Waals surface area contributed by atoms with Crippen LogP contribution in [0.2, 0.25) is 0 Å². The molecule has 2 N–H and O–H groups in total. The van der Waals surface area contributed by atoms with Gasteiger partial charge in [-0.15, -0.1) is 0 Å². The minimum atomic E-state index is 0.181. The predicted octanol–water partition coefficient (Wildman–Crippen LogP) is 3.49. The Labute approximate surface area is 141 Å². The highest BCUT2D eigenvalue weighted by atomic mass is 79.9. The maximum Gasteiger partial charge on any atom is 0.191 e. The summed E-state index contributed by atoms with van der Waals surface area (Å²) in [5, 5.41) is 6.72. The molecule has 1 aromatic carbocycles. The molecule has 1 aliphatic rings. The van der Waals surface area contributed by atoms with E-state index in [0.29, 0.717) is 13.2 Å². The Hall–Kier alpha value is -1.07. The largest absolute Gasteiger partial charge is 0.379 e. The number of nitrogens with one attached hydrogen (secondary N) is 2. The minimum Gasteiger partial charge on any atom is -0.379 e. The molecule has 5 heteroatoms. The smallest absolute Gasteiger partial charge is 0.191 e. The number of aliphatic imine (C=N–C) groups is 1. The van der Waals surface area contributed by atoms with E-state index in [1.165, 1.54) is 18.4 Å². The Morgan fingerprint density at radius 3 is 2.86 bits per heavy atom. The molecule has 0 radical (unpaired) electrons. The molecular formula is C17H26BrN3O. The fraction of sp³-hybridized carbons (Fsp3) is 0.588. The third-order valence-corrected chi connectivity index (χ3v) is 4.35. The third kappa shape index (κ3) is 5.97. The van der Waals surface area contributed by atoms with E-state index in [0.717, 1.165) is 29.5 Å². The maximum absolute atomic E-state index is 5.62. The number of hydrogen-bond acceptors (Lipinski definition) is 2. The molecule has 0 aromatic heterocycles. The molecule has 22 heavy (non-hydrogen) atoms. The van der Waals surface area contributed by atoms with Crippen LogP contribution in [-0.2, 0) is 4.74 Å². The molecular weight excluding hydrogens is 342 g/mol. The summed E-state index contributed by atoms with van der Waals surface area (Å²) >= 11 is 3.60. The van der Waals surface area contributed by atoms with Gasteiger partial charge in [0.15, 0.2) is 5.96 Å². The molecule has 0 bridgehead atoms. The lowest BCUT2D eigenvalue weighted by Crippen LogP contribution is -2.39. The van der Waals surface area contributed by atoms with Crippen LogP contribution in [0.5, 0.6) is 0 Å². The molecule has 1 atom stereocenters. The first-order valence-corrected chi connectivity index (χ1v) is 8.87. The van der Waals surface area contributed by atoms with Crippen molar-refractivity contribution >= 4 is 21.9 Å². The van der Waals surface area contributed by atoms with Gasteiger partial charge in [0.1, 0.15) is 0 Å². The summed E-state index contributed by atoms with van der Waals surface area (Å²) in [4.78, 5) is 4.58. The average molecular weight is 368 g/mol. The SMILES string of the molecule is CCNC(=NCCOCC1CC1)NC(C)c1ccccc1Br. The molecule has 1 saturated carbocycles. The Bertz CT molecular complexity index is 489. The van der Waals surface area contributed by atoms with Crippen LogP contribution in [0.15, 0.2) is 33.7 Å². The van der Waals surface area contributed by atoms with Crippen LogP contribution < -0.4 is 10.6 Å². The zero-order chi connectivity index (χ0) is 15.8. The highest BCUT2D eigenvalue weighted by Gasteiger charge is 2.20. The molecule has 0 heterocycles. The monoisotopic (exact) mass is 367 g/mol. The lowest BCUT2D eigenvalue weighted by Gasteiger charge is -2.19. The van der Waals surface area contributed by atoms with Crippen molar-refractivity contribution < 1.29 is 4.74 Å². The lowest BCUT2D eigenvalue weighted by molar-refractivity contribution is 0.131. The van der Waals surface area contributed by atoms with Crippen LogP contribution in [-0.4, -0.2) is 32.3 Å². The first kappa shape index (κ1) is 17.3. The van der Waals surface area contributed by atoms with Gasteiger partial charge in [0, 0.05) is 17.6 Å². The summed E-state index contributed by atoms with van der Waals surface area (Å²) in [5.74, 6) is 1.64. The highest BCUT2D eigenvalue weighted by molar-refractivity contribution is 9.10. The number of guanidine groups is 1. The third-order valence-electron chi connectivity index (χ3n) is 3.63. The van der Waals surface area contributed by atoms with Crippen LogP contribution in [0.4, 0.5) is 0 Å². The molecule has 2 rings (SSSR count). The van der Waals surface area contributed by atoms with Crippen LogP contribution >= 0.6 is 15.9 Å². The van der Waals surface area contributed by atoms with Crippen molar-refractivity contribution in [3.63, 3.8) is 0 Å². The zero-order valence-electron chi connectivity index (χ0n) is 13.4. The molecule has 1 unspecified atom stereocenters. The normalized spacial score (nSPS) is 16.4. The molecule has 1 fully saturated rings. The van der Waals surface area contributed by atoms with E-state index in [9.17, 15) is 0 Å². The van der Waals surface area contributed by atoms with Gasteiger partial charge in [0.2, 0.25) is 0 Å². The number of hydrogen-bond donors (Lipinski definition) is 2. The van der Waals surface area contributed by atoms with Gasteiger partial charge in [0.25, 0.3) is 0 Å². The Kier molecular flexibility index (Phi) is 7.19. The molecule has 0 amide bonds. The second kappa shape index (κ2) is 9.16. The average Bonchev–Trinajstić information content (AvgIpc) is 3.31. The predicted molar refractivity (Wildman–Crippen MR) is 95.2 cm³/mol. The lowest BCUT2D eigenvalue weighted by atomic mass is 10.1. The number of benzene rings is 1. The first-order valence-electron chi connectivity index (χ1n) is 8.07. The molecule has 0 spiro atoms. The van der Waals surface area contributed by atoms with E-state index in [1.54, 1.807) is 0 Å². The summed E-state index contributed by atoms with van der Waals surface area (Å²) in [6.07, 6.45) is 2.66. The fourth-order valence-electron chi connectivity index (χ4n) is 2.19. The van der Waals surface area contributed by atoms with Gasteiger partial charge in [-0.05, 0) is 44.2 Å².